The number of hydrogen-bond acceptors (Lipinski definition) is 4. The van der Waals surface area contributed by atoms with E-state index in [4.69, 9.17) is 4.84 Å². The molecule has 0 bridgehead atoms. The minimum atomic E-state index is -0.497. The number of amides is 1. The minimum Gasteiger partial charge on any atom is -0.322 e. The molecule has 0 aliphatic carbocycles. The first-order chi connectivity index (χ1) is 17.2. The van der Waals surface area contributed by atoms with Crippen molar-refractivity contribution in [2.24, 2.45) is 10.4 Å². The van der Waals surface area contributed by atoms with E-state index in [9.17, 15) is 9.59 Å². The van der Waals surface area contributed by atoms with Crippen LogP contribution < -0.4 is 16.4 Å². The molecule has 0 radical (unpaired) electrons. The Morgan fingerprint density at radius 3 is 2.72 bits per heavy atom. The van der Waals surface area contributed by atoms with E-state index in [2.05, 4.69) is 64.3 Å². The Balaban J connectivity index is 1.50. The van der Waals surface area contributed by atoms with Gasteiger partial charge in [-0.05, 0) is 45.8 Å². The molecule has 1 aliphatic heterocycles. The summed E-state index contributed by atoms with van der Waals surface area (Å²) in [5, 5.41) is 2.81. The number of amidine groups is 1. The van der Waals surface area contributed by atoms with Crippen molar-refractivity contribution in [3.8, 4) is 11.8 Å². The zero-order chi connectivity index (χ0) is 25.7. The van der Waals surface area contributed by atoms with Crippen LogP contribution in [0.25, 0.3) is 0 Å². The monoisotopic (exact) mass is 546 g/mol. The zero-order valence-electron chi connectivity index (χ0n) is 20.3. The maximum absolute atomic E-state index is 13.0. The molecule has 0 saturated carbocycles. The third-order valence-corrected chi connectivity index (χ3v) is 5.86. The Morgan fingerprint density at radius 1 is 1.19 bits per heavy atom. The number of rotatable bonds is 5. The van der Waals surface area contributed by atoms with Gasteiger partial charge in [-0.15, -0.1) is 0 Å². The SMILES string of the molecule is CC(C)(C)C1C#CCC(=Nc2cccc(NC(=O)c3cc(Br)cn(Cc4ccccc4)c3=O)c2)NO1. The second-order valence-electron chi connectivity index (χ2n) is 9.52. The van der Waals surface area contributed by atoms with Crippen LogP contribution in [0, 0.1) is 17.3 Å². The lowest BCUT2D eigenvalue weighted by Gasteiger charge is -2.25. The lowest BCUT2D eigenvalue weighted by Crippen LogP contribution is -2.34. The highest BCUT2D eigenvalue weighted by Gasteiger charge is 2.25. The number of aliphatic imine (C=N–C) groups is 1. The number of carbonyl (C=O) groups excluding carboxylic acids is 1. The molecule has 1 unspecified atom stereocenters. The topological polar surface area (TPSA) is 84.7 Å². The van der Waals surface area contributed by atoms with Gasteiger partial charge in [0.25, 0.3) is 11.5 Å². The van der Waals surface area contributed by atoms with Crippen molar-refractivity contribution >= 4 is 39.0 Å². The van der Waals surface area contributed by atoms with Crippen molar-refractivity contribution in [2.45, 2.75) is 39.8 Å². The second kappa shape index (κ2) is 10.9. The molecule has 1 amide bonds. The van der Waals surface area contributed by atoms with Crippen LogP contribution in [0.1, 0.15) is 43.1 Å². The lowest BCUT2D eigenvalue weighted by atomic mass is 9.89. The van der Waals surface area contributed by atoms with E-state index < -0.39 is 5.91 Å². The maximum atomic E-state index is 13.0. The van der Waals surface area contributed by atoms with Crippen molar-refractivity contribution in [3.05, 3.63) is 92.8 Å². The largest absolute Gasteiger partial charge is 0.322 e. The summed E-state index contributed by atoms with van der Waals surface area (Å²) in [5.41, 5.74) is 4.53. The van der Waals surface area contributed by atoms with E-state index in [1.54, 1.807) is 24.4 Å². The number of halogens is 1. The summed E-state index contributed by atoms with van der Waals surface area (Å²) in [4.78, 5) is 36.4. The van der Waals surface area contributed by atoms with Crippen LogP contribution in [0.4, 0.5) is 11.4 Å². The molecule has 0 saturated heterocycles. The van der Waals surface area contributed by atoms with Gasteiger partial charge in [-0.25, -0.2) is 4.99 Å². The third-order valence-electron chi connectivity index (χ3n) is 5.43. The molecule has 36 heavy (non-hydrogen) atoms. The molecule has 2 N–H and O–H groups in total. The number of hydroxylamine groups is 1. The molecule has 7 nitrogen and oxygen atoms in total. The normalized spacial score (nSPS) is 16.4. The summed E-state index contributed by atoms with van der Waals surface area (Å²) >= 11 is 3.42. The number of nitrogens with one attached hydrogen (secondary N) is 2. The van der Waals surface area contributed by atoms with Gasteiger partial charge in [0.1, 0.15) is 11.4 Å². The Labute approximate surface area is 218 Å². The Kier molecular flexibility index (Phi) is 7.73. The molecule has 1 aromatic heterocycles. The third kappa shape index (κ3) is 6.51. The predicted molar refractivity (Wildman–Crippen MR) is 145 cm³/mol. The van der Waals surface area contributed by atoms with Crippen LogP contribution in [0.5, 0.6) is 0 Å². The van der Waals surface area contributed by atoms with Gasteiger partial charge in [-0.2, -0.15) is 0 Å². The molecule has 0 fully saturated rings. The first-order valence-electron chi connectivity index (χ1n) is 11.5. The van der Waals surface area contributed by atoms with Crippen LogP contribution in [0.3, 0.4) is 0 Å². The average Bonchev–Trinajstić information content (AvgIpc) is 3.08. The van der Waals surface area contributed by atoms with E-state index in [0.717, 1.165) is 5.56 Å². The number of nitrogens with zero attached hydrogens (tertiary/aromatic N) is 2. The fourth-order valence-electron chi connectivity index (χ4n) is 3.54. The number of carbonyl (C=O) groups is 1. The van der Waals surface area contributed by atoms with Crippen molar-refractivity contribution in [2.75, 3.05) is 5.32 Å². The van der Waals surface area contributed by atoms with Gasteiger partial charge in [0.05, 0.1) is 18.7 Å². The number of benzene rings is 2. The predicted octanol–water partition coefficient (Wildman–Crippen LogP) is 5.28. The fraction of sp³-hybridized carbons (Fsp3) is 0.250. The molecule has 8 heteroatoms. The van der Waals surface area contributed by atoms with Crippen LogP contribution >= 0.6 is 15.9 Å². The Hall–Kier alpha value is -3.67. The van der Waals surface area contributed by atoms with Gasteiger partial charge in [0.15, 0.2) is 6.10 Å². The molecule has 0 spiro atoms. The van der Waals surface area contributed by atoms with Crippen LogP contribution in [0.2, 0.25) is 0 Å². The number of aromatic nitrogens is 1. The van der Waals surface area contributed by atoms with Gasteiger partial charge in [0.2, 0.25) is 0 Å². The molecule has 2 aromatic carbocycles. The summed E-state index contributed by atoms with van der Waals surface area (Å²) < 4.78 is 2.15. The quantitative estimate of drug-likeness (QED) is 0.426. The Bertz CT molecular complexity index is 1410. The van der Waals surface area contributed by atoms with Crippen LogP contribution in [-0.2, 0) is 11.4 Å². The number of anilines is 1. The summed E-state index contributed by atoms with van der Waals surface area (Å²) in [6.07, 6.45) is 1.84. The minimum absolute atomic E-state index is 0.0411. The van der Waals surface area contributed by atoms with E-state index >= 15 is 0 Å². The van der Waals surface area contributed by atoms with Crippen molar-refractivity contribution in [3.63, 3.8) is 0 Å². The molecule has 1 aliphatic rings. The fourth-order valence-corrected chi connectivity index (χ4v) is 4.02. The molecule has 2 heterocycles. The van der Waals surface area contributed by atoms with Crippen molar-refractivity contribution in [1.29, 1.82) is 0 Å². The van der Waals surface area contributed by atoms with E-state index in [0.29, 0.717) is 34.6 Å². The number of pyridine rings is 1. The second-order valence-corrected chi connectivity index (χ2v) is 10.4. The Morgan fingerprint density at radius 2 is 1.97 bits per heavy atom. The highest BCUT2D eigenvalue weighted by molar-refractivity contribution is 9.10. The first kappa shape index (κ1) is 25.4. The molecule has 1 atom stereocenters. The van der Waals surface area contributed by atoms with E-state index in [-0.39, 0.29) is 22.6 Å². The van der Waals surface area contributed by atoms with Gasteiger partial charge < -0.3 is 9.88 Å². The van der Waals surface area contributed by atoms with E-state index in [1.165, 1.54) is 10.6 Å². The lowest BCUT2D eigenvalue weighted by molar-refractivity contribution is -0.0146. The molecule has 4 rings (SSSR count). The smallest absolute Gasteiger partial charge is 0.263 e. The first-order valence-corrected chi connectivity index (χ1v) is 12.3. The van der Waals surface area contributed by atoms with Gasteiger partial charge in [0, 0.05) is 21.8 Å². The molecular weight excluding hydrogens is 520 g/mol. The molecule has 184 valence electrons. The summed E-state index contributed by atoms with van der Waals surface area (Å²) in [6, 6.07) is 18.2. The average molecular weight is 547 g/mol. The van der Waals surface area contributed by atoms with Gasteiger partial charge >= 0.3 is 0 Å². The van der Waals surface area contributed by atoms with Crippen molar-refractivity contribution in [1.82, 2.24) is 10.0 Å². The highest BCUT2D eigenvalue weighted by Crippen LogP contribution is 2.23. The van der Waals surface area contributed by atoms with E-state index in [1.807, 2.05) is 36.4 Å². The molecule has 3 aromatic rings. The maximum Gasteiger partial charge on any atom is 0.263 e. The van der Waals surface area contributed by atoms with Crippen molar-refractivity contribution < 1.29 is 9.63 Å². The van der Waals surface area contributed by atoms with Gasteiger partial charge in [-0.3, -0.25) is 19.9 Å². The summed E-state index contributed by atoms with van der Waals surface area (Å²) in [7, 11) is 0. The van der Waals surface area contributed by atoms with Crippen LogP contribution in [0.15, 0.2) is 81.1 Å². The number of hydrogen-bond donors (Lipinski definition) is 2. The zero-order valence-corrected chi connectivity index (χ0v) is 21.9. The summed E-state index contributed by atoms with van der Waals surface area (Å²) in [5.74, 6) is 6.29. The molecular formula is C28H27BrN4O3. The summed E-state index contributed by atoms with van der Waals surface area (Å²) in [6.45, 7) is 6.54. The highest BCUT2D eigenvalue weighted by atomic mass is 79.9. The standard InChI is InChI=1S/C28H27BrN4O3/c1-28(2,3)24-13-8-14-25(32-36-24)30-21-11-7-12-22(16-21)31-26(34)23-15-20(29)18-33(27(23)35)17-19-9-5-4-6-10-19/h4-7,9-12,15-16,18,24H,14,17H2,1-3H3,(H,30,32)(H,31,34). The van der Waals surface area contributed by atoms with Crippen LogP contribution in [-0.4, -0.2) is 22.4 Å². The van der Waals surface area contributed by atoms with Gasteiger partial charge in [-0.1, -0.05) is 69.0 Å².